The predicted octanol–water partition coefficient (Wildman–Crippen LogP) is 2.62. The molecule has 70 valence electrons. The van der Waals surface area contributed by atoms with Crippen molar-refractivity contribution in [2.75, 3.05) is 0 Å². The summed E-state index contributed by atoms with van der Waals surface area (Å²) in [5.74, 6) is -0.409. The molecule has 0 aromatic heterocycles. The van der Waals surface area contributed by atoms with Crippen molar-refractivity contribution < 1.29 is 14.3 Å². The van der Waals surface area contributed by atoms with Crippen LogP contribution in [-0.2, 0) is 6.54 Å². The Morgan fingerprint density at radius 2 is 2.15 bits per heavy atom. The molecule has 0 aliphatic heterocycles. The van der Waals surface area contributed by atoms with Crippen molar-refractivity contribution >= 4 is 22.2 Å². The minimum atomic E-state index is -1.15. The van der Waals surface area contributed by atoms with Crippen LogP contribution in [0.5, 0.6) is 0 Å². The number of carboxylic acid groups (broad SMARTS) is 1. The van der Waals surface area contributed by atoms with Crippen LogP contribution in [0.3, 0.4) is 0 Å². The summed E-state index contributed by atoms with van der Waals surface area (Å²) >= 11 is 2.78. The number of rotatable bonds is 2. The van der Waals surface area contributed by atoms with Crippen molar-refractivity contribution in [2.24, 2.45) is 0 Å². The number of hydrogen-bond acceptors (Lipinski definition) is 1. The van der Waals surface area contributed by atoms with E-state index in [1.54, 1.807) is 12.1 Å². The molecule has 1 aromatic carbocycles. The highest BCUT2D eigenvalue weighted by Gasteiger charge is 2.10. The van der Waals surface area contributed by atoms with Crippen molar-refractivity contribution in [3.8, 4) is 0 Å². The van der Waals surface area contributed by atoms with Gasteiger partial charge < -0.3 is 5.11 Å². The van der Waals surface area contributed by atoms with E-state index in [1.807, 2.05) is 0 Å². The summed E-state index contributed by atoms with van der Waals surface area (Å²) in [6.45, 7) is -0.0119. The first-order valence-corrected chi connectivity index (χ1v) is 4.22. The van der Waals surface area contributed by atoms with E-state index >= 15 is 0 Å². The molecule has 1 amide bonds. The Bertz CT molecular complexity index is 319. The van der Waals surface area contributed by atoms with E-state index in [2.05, 4.69) is 16.1 Å². The SMILES string of the molecule is O=C(O)N(Br)Cc1ccccc1F. The number of hydrogen-bond donors (Lipinski definition) is 1. The average Bonchev–Trinajstić information content (AvgIpc) is 2.08. The molecule has 13 heavy (non-hydrogen) atoms. The van der Waals surface area contributed by atoms with Gasteiger partial charge in [-0.1, -0.05) is 18.2 Å². The van der Waals surface area contributed by atoms with Gasteiger partial charge in [0.1, 0.15) is 5.82 Å². The van der Waals surface area contributed by atoms with Crippen LogP contribution in [-0.4, -0.2) is 15.1 Å². The van der Waals surface area contributed by atoms with Crippen LogP contribution in [0.15, 0.2) is 24.3 Å². The van der Waals surface area contributed by atoms with Crippen LogP contribution in [0.4, 0.5) is 9.18 Å². The summed E-state index contributed by atoms with van der Waals surface area (Å²) in [6, 6.07) is 6.03. The van der Waals surface area contributed by atoms with Gasteiger partial charge in [-0.2, -0.15) is 0 Å². The van der Waals surface area contributed by atoms with Gasteiger partial charge >= 0.3 is 6.09 Å². The largest absolute Gasteiger partial charge is 0.464 e. The molecule has 3 nitrogen and oxygen atoms in total. The van der Waals surface area contributed by atoms with Crippen LogP contribution < -0.4 is 0 Å². The lowest BCUT2D eigenvalue weighted by Crippen LogP contribution is -2.18. The van der Waals surface area contributed by atoms with Crippen molar-refractivity contribution in [3.63, 3.8) is 0 Å². The maximum atomic E-state index is 13.0. The van der Waals surface area contributed by atoms with Crippen LogP contribution in [0, 0.1) is 5.82 Å². The fourth-order valence-electron chi connectivity index (χ4n) is 0.844. The van der Waals surface area contributed by atoms with E-state index < -0.39 is 11.9 Å². The molecule has 0 unspecified atom stereocenters. The van der Waals surface area contributed by atoms with Crippen LogP contribution in [0.25, 0.3) is 0 Å². The smallest absolute Gasteiger partial charge is 0.417 e. The van der Waals surface area contributed by atoms with E-state index in [9.17, 15) is 9.18 Å². The first-order chi connectivity index (χ1) is 6.11. The number of amides is 1. The van der Waals surface area contributed by atoms with Gasteiger partial charge in [0.05, 0.1) is 22.7 Å². The van der Waals surface area contributed by atoms with Gasteiger partial charge in [-0.05, 0) is 6.07 Å². The number of carbonyl (C=O) groups is 1. The normalized spacial score (nSPS) is 9.69. The van der Waals surface area contributed by atoms with Crippen LogP contribution in [0.2, 0.25) is 0 Å². The molecule has 0 saturated heterocycles. The minimum absolute atomic E-state index is 0.0119. The maximum absolute atomic E-state index is 13.0. The van der Waals surface area contributed by atoms with Crippen LogP contribution in [0.1, 0.15) is 5.56 Å². The Balaban J connectivity index is 2.74. The summed E-state index contributed by atoms with van der Waals surface area (Å²) < 4.78 is 13.8. The molecule has 1 rings (SSSR count). The Labute approximate surface area is 83.1 Å². The van der Waals surface area contributed by atoms with Crippen molar-refractivity contribution in [1.29, 1.82) is 0 Å². The Morgan fingerprint density at radius 3 is 2.69 bits per heavy atom. The third-order valence-electron chi connectivity index (χ3n) is 1.47. The summed E-state index contributed by atoms with van der Waals surface area (Å²) in [6.07, 6.45) is -1.15. The van der Waals surface area contributed by atoms with E-state index in [4.69, 9.17) is 5.11 Å². The molecule has 0 atom stereocenters. The molecule has 0 radical (unpaired) electrons. The second-order valence-corrected chi connectivity index (χ2v) is 3.25. The van der Waals surface area contributed by atoms with Gasteiger partial charge in [0.25, 0.3) is 0 Å². The Kier molecular flexibility index (Phi) is 3.25. The highest BCUT2D eigenvalue weighted by Crippen LogP contribution is 2.12. The van der Waals surface area contributed by atoms with Gasteiger partial charge in [-0.3, -0.25) is 0 Å². The molecule has 0 aliphatic carbocycles. The van der Waals surface area contributed by atoms with Crippen molar-refractivity contribution in [2.45, 2.75) is 6.54 Å². The van der Waals surface area contributed by atoms with Crippen molar-refractivity contribution in [3.05, 3.63) is 35.6 Å². The first kappa shape index (κ1) is 9.98. The van der Waals surface area contributed by atoms with E-state index in [0.29, 0.717) is 5.56 Å². The Morgan fingerprint density at radius 1 is 1.54 bits per heavy atom. The molecule has 0 heterocycles. The lowest BCUT2D eigenvalue weighted by Gasteiger charge is -2.10. The molecule has 5 heteroatoms. The molecular formula is C8H7BrFNO2. The first-order valence-electron chi connectivity index (χ1n) is 3.51. The number of nitrogens with zero attached hydrogens (tertiary/aromatic N) is 1. The molecule has 0 fully saturated rings. The summed E-state index contributed by atoms with van der Waals surface area (Å²) in [7, 11) is 0. The van der Waals surface area contributed by atoms with E-state index in [0.717, 1.165) is 3.93 Å². The highest BCUT2D eigenvalue weighted by molar-refractivity contribution is 9.07. The van der Waals surface area contributed by atoms with Gasteiger partial charge in [0.15, 0.2) is 0 Å². The second kappa shape index (κ2) is 4.23. The van der Waals surface area contributed by atoms with Gasteiger partial charge in [0, 0.05) is 5.56 Å². The third kappa shape index (κ3) is 2.69. The monoisotopic (exact) mass is 247 g/mol. The van der Waals surface area contributed by atoms with E-state index in [-0.39, 0.29) is 6.54 Å². The zero-order chi connectivity index (χ0) is 9.84. The Hall–Kier alpha value is -1.10. The third-order valence-corrected chi connectivity index (χ3v) is 2.03. The lowest BCUT2D eigenvalue weighted by atomic mass is 10.2. The highest BCUT2D eigenvalue weighted by atomic mass is 79.9. The quantitative estimate of drug-likeness (QED) is 0.817. The van der Waals surface area contributed by atoms with Crippen molar-refractivity contribution in [1.82, 2.24) is 3.93 Å². The lowest BCUT2D eigenvalue weighted by molar-refractivity contribution is 0.175. The zero-order valence-corrected chi connectivity index (χ0v) is 8.16. The number of halogens is 2. The molecule has 0 bridgehead atoms. The fourth-order valence-corrected chi connectivity index (χ4v) is 1.11. The average molecular weight is 248 g/mol. The molecule has 0 spiro atoms. The summed E-state index contributed by atoms with van der Waals surface area (Å²) in [5, 5.41) is 8.49. The molecule has 0 aliphatic rings. The maximum Gasteiger partial charge on any atom is 0.417 e. The zero-order valence-electron chi connectivity index (χ0n) is 6.58. The standard InChI is InChI=1S/C8H7BrFNO2/c9-11(8(12)13)5-6-3-1-2-4-7(6)10/h1-4H,5H2,(H,12,13). The predicted molar refractivity (Wildman–Crippen MR) is 48.9 cm³/mol. The fraction of sp³-hybridized carbons (Fsp3) is 0.125. The molecule has 0 saturated carbocycles. The second-order valence-electron chi connectivity index (χ2n) is 2.39. The van der Waals surface area contributed by atoms with Gasteiger partial charge in [-0.15, -0.1) is 0 Å². The minimum Gasteiger partial charge on any atom is -0.464 e. The molecule has 1 aromatic rings. The summed E-state index contributed by atoms with van der Waals surface area (Å²) in [4.78, 5) is 10.4. The van der Waals surface area contributed by atoms with Gasteiger partial charge in [-0.25, -0.2) is 13.1 Å². The number of benzene rings is 1. The van der Waals surface area contributed by atoms with Crippen LogP contribution >= 0.6 is 16.1 Å². The van der Waals surface area contributed by atoms with Gasteiger partial charge in [0.2, 0.25) is 0 Å². The summed E-state index contributed by atoms with van der Waals surface area (Å²) in [5.41, 5.74) is 0.335. The topological polar surface area (TPSA) is 40.5 Å². The molecular weight excluding hydrogens is 241 g/mol. The van der Waals surface area contributed by atoms with E-state index in [1.165, 1.54) is 12.1 Å². The molecule has 1 N–H and O–H groups in total.